The Hall–Kier alpha value is -1.26. The van der Waals surface area contributed by atoms with Crippen LogP contribution in [0.4, 0.5) is 0 Å². The second kappa shape index (κ2) is 6.47. The number of nitrogens with one attached hydrogen (secondary N) is 1. The van der Waals surface area contributed by atoms with E-state index in [9.17, 15) is 4.79 Å². The summed E-state index contributed by atoms with van der Waals surface area (Å²) in [5, 5.41) is 4.22. The van der Waals surface area contributed by atoms with Crippen LogP contribution in [0.15, 0.2) is 24.3 Å². The molecule has 2 saturated heterocycles. The Labute approximate surface area is 136 Å². The third-order valence-electron chi connectivity index (χ3n) is 4.80. The van der Waals surface area contributed by atoms with Crippen molar-refractivity contribution in [1.82, 2.24) is 10.2 Å². The average Bonchev–Trinajstić information content (AvgIpc) is 2.84. The monoisotopic (exact) mass is 322 g/mol. The number of rotatable bonds is 4. The van der Waals surface area contributed by atoms with Crippen LogP contribution < -0.4 is 10.1 Å². The number of likely N-dealkylation sites (N-methyl/N-ethyl adjacent to an activating group) is 1. The molecule has 0 aromatic heterocycles. The normalized spacial score (nSPS) is 28.2. The van der Waals surface area contributed by atoms with E-state index in [4.69, 9.17) is 16.3 Å². The zero-order chi connectivity index (χ0) is 15.7. The smallest absolute Gasteiger partial charge is 0.263 e. The molecule has 22 heavy (non-hydrogen) atoms. The molecule has 0 radical (unpaired) electrons. The van der Waals surface area contributed by atoms with E-state index in [0.29, 0.717) is 28.9 Å². The van der Waals surface area contributed by atoms with Gasteiger partial charge in [-0.1, -0.05) is 17.7 Å². The average molecular weight is 323 g/mol. The van der Waals surface area contributed by atoms with Crippen molar-refractivity contribution < 1.29 is 9.53 Å². The molecule has 5 heteroatoms. The van der Waals surface area contributed by atoms with Crippen molar-refractivity contribution in [2.45, 2.75) is 56.8 Å². The van der Waals surface area contributed by atoms with Gasteiger partial charge in [-0.25, -0.2) is 0 Å². The molecule has 1 amide bonds. The summed E-state index contributed by atoms with van der Waals surface area (Å²) in [4.78, 5) is 14.5. The molecule has 0 aliphatic carbocycles. The largest absolute Gasteiger partial charge is 0.481 e. The maximum atomic E-state index is 12.6. The molecule has 120 valence electrons. The number of halogens is 1. The number of carbonyl (C=O) groups is 1. The summed E-state index contributed by atoms with van der Waals surface area (Å²) in [7, 11) is 1.90. The zero-order valence-electron chi connectivity index (χ0n) is 13.1. The lowest BCUT2D eigenvalue weighted by molar-refractivity contribution is -0.139. The molecule has 1 N–H and O–H groups in total. The predicted octanol–water partition coefficient (Wildman–Crippen LogP) is 2.85. The predicted molar refractivity (Wildman–Crippen MR) is 87.3 cm³/mol. The van der Waals surface area contributed by atoms with Crippen LogP contribution in [-0.4, -0.2) is 42.1 Å². The molecule has 1 aromatic carbocycles. The molecule has 1 aromatic rings. The lowest BCUT2D eigenvalue weighted by Crippen LogP contribution is -2.51. The highest BCUT2D eigenvalue weighted by atomic mass is 35.5. The van der Waals surface area contributed by atoms with E-state index in [1.54, 1.807) is 19.1 Å². The van der Waals surface area contributed by atoms with E-state index >= 15 is 0 Å². The van der Waals surface area contributed by atoms with E-state index in [2.05, 4.69) is 5.32 Å². The number of amides is 1. The Morgan fingerprint density at radius 2 is 2.05 bits per heavy atom. The Bertz CT molecular complexity index is 539. The molecular weight excluding hydrogens is 300 g/mol. The summed E-state index contributed by atoms with van der Waals surface area (Å²) in [5.74, 6) is 0.665. The molecule has 2 aliphatic heterocycles. The molecule has 0 saturated carbocycles. The number of carbonyl (C=O) groups excluding carboxylic acids is 1. The van der Waals surface area contributed by atoms with Crippen LogP contribution in [0.3, 0.4) is 0 Å². The van der Waals surface area contributed by atoms with Gasteiger partial charge < -0.3 is 15.0 Å². The number of nitrogens with zero attached hydrogens (tertiary/aromatic N) is 1. The Morgan fingerprint density at radius 3 is 2.68 bits per heavy atom. The standard InChI is InChI=1S/C17H23ClN2O2/c1-11(22-16-5-3-4-12(18)8-16)17(21)20(2)15-9-13-6-7-14(10-15)19-13/h3-5,8,11,13-15,19H,6-7,9-10H2,1-2H3. The molecule has 0 spiro atoms. The summed E-state index contributed by atoms with van der Waals surface area (Å²) in [6, 6.07) is 8.63. The minimum atomic E-state index is -0.504. The molecule has 3 unspecified atom stereocenters. The summed E-state index contributed by atoms with van der Waals surface area (Å²) in [5.41, 5.74) is 0. The Balaban J connectivity index is 1.60. The van der Waals surface area contributed by atoms with E-state index in [-0.39, 0.29) is 5.91 Å². The van der Waals surface area contributed by atoms with Crippen molar-refractivity contribution in [3.63, 3.8) is 0 Å². The maximum Gasteiger partial charge on any atom is 0.263 e. The second-order valence-corrected chi connectivity index (χ2v) is 6.87. The van der Waals surface area contributed by atoms with Crippen molar-refractivity contribution in [3.8, 4) is 5.75 Å². The second-order valence-electron chi connectivity index (χ2n) is 6.43. The Kier molecular flexibility index (Phi) is 4.59. The van der Waals surface area contributed by atoms with Crippen LogP contribution in [0.1, 0.15) is 32.6 Å². The highest BCUT2D eigenvalue weighted by Crippen LogP contribution is 2.29. The number of fused-ring (bicyclic) bond motifs is 2. The fourth-order valence-electron chi connectivity index (χ4n) is 3.61. The van der Waals surface area contributed by atoms with Gasteiger partial charge in [0.1, 0.15) is 5.75 Å². The molecular formula is C17H23ClN2O2. The topological polar surface area (TPSA) is 41.6 Å². The van der Waals surface area contributed by atoms with Gasteiger partial charge in [0.2, 0.25) is 0 Å². The summed E-state index contributed by atoms with van der Waals surface area (Å²) in [6.45, 7) is 1.80. The quantitative estimate of drug-likeness (QED) is 0.926. The molecule has 2 bridgehead atoms. The third kappa shape index (κ3) is 3.39. The third-order valence-corrected chi connectivity index (χ3v) is 5.04. The van der Waals surface area contributed by atoms with Crippen LogP contribution in [0.25, 0.3) is 0 Å². The first-order valence-corrected chi connectivity index (χ1v) is 8.35. The first-order valence-electron chi connectivity index (χ1n) is 7.98. The molecule has 2 aliphatic rings. The zero-order valence-corrected chi connectivity index (χ0v) is 13.8. The summed E-state index contributed by atoms with van der Waals surface area (Å²) in [6.07, 6.45) is 4.05. The molecule has 2 fully saturated rings. The highest BCUT2D eigenvalue weighted by molar-refractivity contribution is 6.30. The van der Waals surface area contributed by atoms with Crippen molar-refractivity contribution in [1.29, 1.82) is 0 Å². The minimum absolute atomic E-state index is 0.0336. The van der Waals surface area contributed by atoms with E-state index in [0.717, 1.165) is 12.8 Å². The van der Waals surface area contributed by atoms with Crippen molar-refractivity contribution in [2.24, 2.45) is 0 Å². The van der Waals surface area contributed by atoms with Gasteiger partial charge in [-0.2, -0.15) is 0 Å². The molecule has 2 heterocycles. The SMILES string of the molecule is CC(Oc1cccc(Cl)c1)C(=O)N(C)C1CC2CCC(C1)N2. The van der Waals surface area contributed by atoms with Gasteiger partial charge >= 0.3 is 0 Å². The van der Waals surface area contributed by atoms with Crippen LogP contribution in [0, 0.1) is 0 Å². The van der Waals surface area contributed by atoms with Crippen molar-refractivity contribution in [2.75, 3.05) is 7.05 Å². The van der Waals surface area contributed by atoms with E-state index in [1.165, 1.54) is 12.8 Å². The maximum absolute atomic E-state index is 12.6. The minimum Gasteiger partial charge on any atom is -0.481 e. The fraction of sp³-hybridized carbons (Fsp3) is 0.588. The number of piperidine rings is 1. The van der Waals surface area contributed by atoms with Crippen LogP contribution in [-0.2, 0) is 4.79 Å². The Morgan fingerprint density at radius 1 is 1.36 bits per heavy atom. The van der Waals surface area contributed by atoms with Gasteiger partial charge in [-0.15, -0.1) is 0 Å². The van der Waals surface area contributed by atoms with E-state index in [1.807, 2.05) is 24.1 Å². The van der Waals surface area contributed by atoms with Gasteiger partial charge in [0.05, 0.1) is 0 Å². The molecule has 4 nitrogen and oxygen atoms in total. The highest BCUT2D eigenvalue weighted by Gasteiger charge is 2.37. The van der Waals surface area contributed by atoms with Crippen molar-refractivity contribution >= 4 is 17.5 Å². The molecule has 3 rings (SSSR count). The number of hydrogen-bond donors (Lipinski definition) is 1. The van der Waals surface area contributed by atoms with Gasteiger partial charge in [0.25, 0.3) is 5.91 Å². The number of ether oxygens (including phenoxy) is 1. The van der Waals surface area contributed by atoms with Crippen LogP contribution >= 0.6 is 11.6 Å². The first kappa shape index (κ1) is 15.6. The summed E-state index contributed by atoms with van der Waals surface area (Å²) < 4.78 is 5.75. The molecule has 3 atom stereocenters. The van der Waals surface area contributed by atoms with Crippen LogP contribution in [0.2, 0.25) is 5.02 Å². The van der Waals surface area contributed by atoms with Gasteiger partial charge in [-0.05, 0) is 50.8 Å². The van der Waals surface area contributed by atoms with Gasteiger partial charge in [-0.3, -0.25) is 4.79 Å². The summed E-state index contributed by atoms with van der Waals surface area (Å²) >= 11 is 5.95. The number of benzene rings is 1. The number of hydrogen-bond acceptors (Lipinski definition) is 3. The van der Waals surface area contributed by atoms with E-state index < -0.39 is 6.10 Å². The fourth-order valence-corrected chi connectivity index (χ4v) is 3.79. The van der Waals surface area contributed by atoms with Gasteiger partial charge in [0, 0.05) is 30.2 Å². The first-order chi connectivity index (χ1) is 10.5. The van der Waals surface area contributed by atoms with Gasteiger partial charge in [0.15, 0.2) is 6.10 Å². The van der Waals surface area contributed by atoms with Crippen molar-refractivity contribution in [3.05, 3.63) is 29.3 Å². The lowest BCUT2D eigenvalue weighted by Gasteiger charge is -2.36. The lowest BCUT2D eigenvalue weighted by atomic mass is 9.98. The van der Waals surface area contributed by atoms with Crippen LogP contribution in [0.5, 0.6) is 5.75 Å².